The summed E-state index contributed by atoms with van der Waals surface area (Å²) < 4.78 is 0. The number of piperidine rings is 1. The van der Waals surface area contributed by atoms with Gasteiger partial charge in [0.2, 0.25) is 0 Å². The van der Waals surface area contributed by atoms with Gasteiger partial charge in [-0.25, -0.2) is 4.98 Å². The summed E-state index contributed by atoms with van der Waals surface area (Å²) in [4.78, 5) is 20.2. The summed E-state index contributed by atoms with van der Waals surface area (Å²) >= 11 is 5.99. The minimum absolute atomic E-state index is 0.198. The maximum atomic E-state index is 11.4. The molecule has 1 fully saturated rings. The van der Waals surface area contributed by atoms with Crippen molar-refractivity contribution in [1.29, 1.82) is 0 Å². The zero-order valence-electron chi connectivity index (χ0n) is 9.53. The quantitative estimate of drug-likeness (QED) is 0.819. The number of aromatic nitrogens is 2. The Morgan fingerprint density at radius 1 is 1.50 bits per heavy atom. The van der Waals surface area contributed by atoms with E-state index in [1.165, 1.54) is 12.7 Å². The predicted octanol–water partition coefficient (Wildman–Crippen LogP) is 2.05. The van der Waals surface area contributed by atoms with Crippen LogP contribution in [0.1, 0.15) is 26.7 Å². The Kier molecular flexibility index (Phi) is 3.19. The highest BCUT2D eigenvalue weighted by Crippen LogP contribution is 2.28. The molecule has 1 N–H and O–H groups in total. The van der Waals surface area contributed by atoms with Crippen LogP contribution in [-0.2, 0) is 0 Å². The molecule has 4 nitrogen and oxygen atoms in total. The minimum Gasteiger partial charge on any atom is -0.352 e. The monoisotopic (exact) mass is 241 g/mol. The van der Waals surface area contributed by atoms with Gasteiger partial charge >= 0.3 is 0 Å². The molecule has 0 radical (unpaired) electrons. The van der Waals surface area contributed by atoms with E-state index in [1.54, 1.807) is 0 Å². The van der Waals surface area contributed by atoms with E-state index < -0.39 is 0 Å². The molecule has 0 aromatic carbocycles. The molecular weight excluding hydrogens is 226 g/mol. The minimum atomic E-state index is -0.267. The number of hydrogen-bond acceptors (Lipinski definition) is 3. The molecule has 1 aromatic heterocycles. The molecule has 2 atom stereocenters. The lowest BCUT2D eigenvalue weighted by Gasteiger charge is -2.37. The Balaban J connectivity index is 2.35. The van der Waals surface area contributed by atoms with Gasteiger partial charge in [0.1, 0.15) is 5.02 Å². The smallest absolute Gasteiger partial charge is 0.271 e. The van der Waals surface area contributed by atoms with E-state index in [2.05, 4.69) is 28.7 Å². The van der Waals surface area contributed by atoms with Crippen LogP contribution in [0.15, 0.2) is 11.1 Å². The van der Waals surface area contributed by atoms with Crippen molar-refractivity contribution in [2.75, 3.05) is 11.4 Å². The van der Waals surface area contributed by atoms with Crippen LogP contribution in [0.25, 0.3) is 0 Å². The highest BCUT2D eigenvalue weighted by Gasteiger charge is 2.26. The lowest BCUT2D eigenvalue weighted by molar-refractivity contribution is 0.388. The zero-order chi connectivity index (χ0) is 11.7. The molecule has 88 valence electrons. The van der Waals surface area contributed by atoms with Gasteiger partial charge in [-0.1, -0.05) is 18.5 Å². The molecule has 1 saturated heterocycles. The molecule has 0 amide bonds. The number of nitrogens with one attached hydrogen (secondary N) is 1. The topological polar surface area (TPSA) is 49.0 Å². The van der Waals surface area contributed by atoms with Gasteiger partial charge in [-0.2, -0.15) is 0 Å². The summed E-state index contributed by atoms with van der Waals surface area (Å²) in [5, 5.41) is 0.198. The van der Waals surface area contributed by atoms with Gasteiger partial charge in [-0.15, -0.1) is 0 Å². The highest BCUT2D eigenvalue weighted by atomic mass is 35.5. The van der Waals surface area contributed by atoms with E-state index in [0.717, 1.165) is 13.0 Å². The van der Waals surface area contributed by atoms with Gasteiger partial charge in [0.15, 0.2) is 5.82 Å². The maximum Gasteiger partial charge on any atom is 0.271 e. The van der Waals surface area contributed by atoms with Gasteiger partial charge < -0.3 is 9.88 Å². The Morgan fingerprint density at radius 3 is 3.00 bits per heavy atom. The lowest BCUT2D eigenvalue weighted by atomic mass is 9.95. The number of anilines is 1. The Hall–Kier alpha value is -1.03. The molecule has 1 aromatic rings. The molecule has 5 heteroatoms. The first-order valence-electron chi connectivity index (χ1n) is 5.59. The van der Waals surface area contributed by atoms with Crippen LogP contribution < -0.4 is 10.5 Å². The summed E-state index contributed by atoms with van der Waals surface area (Å²) in [5.41, 5.74) is -0.267. The van der Waals surface area contributed by atoms with E-state index in [-0.39, 0.29) is 10.6 Å². The standard InChI is InChI=1S/C11H16ClN3O/c1-7-3-4-8(2)15(5-7)10-9(12)11(16)14-6-13-10/h6-8H,3-5H2,1-2H3,(H,13,14,16). The first kappa shape index (κ1) is 11.5. The third kappa shape index (κ3) is 2.07. The molecule has 2 rings (SSSR count). The zero-order valence-corrected chi connectivity index (χ0v) is 10.3. The number of halogens is 1. The summed E-state index contributed by atoms with van der Waals surface area (Å²) in [7, 11) is 0. The van der Waals surface area contributed by atoms with Crippen molar-refractivity contribution in [2.45, 2.75) is 32.7 Å². The Morgan fingerprint density at radius 2 is 2.25 bits per heavy atom. The molecule has 1 aliphatic heterocycles. The van der Waals surface area contributed by atoms with E-state index in [1.807, 2.05) is 0 Å². The first-order chi connectivity index (χ1) is 7.59. The van der Waals surface area contributed by atoms with Gasteiger partial charge in [-0.3, -0.25) is 4.79 Å². The van der Waals surface area contributed by atoms with Crippen LogP contribution in [0.4, 0.5) is 5.82 Å². The molecule has 1 aliphatic rings. The molecule has 0 spiro atoms. The fourth-order valence-corrected chi connectivity index (χ4v) is 2.37. The highest BCUT2D eigenvalue weighted by molar-refractivity contribution is 6.32. The Bertz CT molecular complexity index is 431. The molecule has 2 heterocycles. The second kappa shape index (κ2) is 4.45. The van der Waals surface area contributed by atoms with Crippen molar-refractivity contribution >= 4 is 17.4 Å². The maximum absolute atomic E-state index is 11.4. The SMILES string of the molecule is CC1CCC(C)N(c2nc[nH]c(=O)c2Cl)C1. The molecule has 0 aliphatic carbocycles. The van der Waals surface area contributed by atoms with Crippen molar-refractivity contribution in [3.8, 4) is 0 Å². The normalized spacial score (nSPS) is 25.8. The average Bonchev–Trinajstić information content (AvgIpc) is 2.26. The van der Waals surface area contributed by atoms with Gasteiger partial charge in [0.25, 0.3) is 5.56 Å². The second-order valence-electron chi connectivity index (χ2n) is 4.55. The van der Waals surface area contributed by atoms with Gasteiger partial charge in [0.05, 0.1) is 6.33 Å². The fourth-order valence-electron chi connectivity index (χ4n) is 2.16. The second-order valence-corrected chi connectivity index (χ2v) is 4.93. The molecule has 2 unspecified atom stereocenters. The van der Waals surface area contributed by atoms with E-state index >= 15 is 0 Å². The third-order valence-corrected chi connectivity index (χ3v) is 3.51. The van der Waals surface area contributed by atoms with E-state index in [0.29, 0.717) is 17.8 Å². The van der Waals surface area contributed by atoms with E-state index in [9.17, 15) is 4.79 Å². The Labute approximate surface area is 99.6 Å². The largest absolute Gasteiger partial charge is 0.352 e. The van der Waals surface area contributed by atoms with Crippen molar-refractivity contribution < 1.29 is 0 Å². The van der Waals surface area contributed by atoms with Gasteiger partial charge in [-0.05, 0) is 25.7 Å². The van der Waals surface area contributed by atoms with Crippen LogP contribution >= 0.6 is 11.6 Å². The van der Waals surface area contributed by atoms with Crippen molar-refractivity contribution in [2.24, 2.45) is 5.92 Å². The van der Waals surface area contributed by atoms with Crippen LogP contribution in [0, 0.1) is 5.92 Å². The van der Waals surface area contributed by atoms with Crippen molar-refractivity contribution in [3.63, 3.8) is 0 Å². The van der Waals surface area contributed by atoms with E-state index in [4.69, 9.17) is 11.6 Å². The summed E-state index contributed by atoms with van der Waals surface area (Å²) in [6.45, 7) is 5.27. The van der Waals surface area contributed by atoms with Crippen LogP contribution in [0.5, 0.6) is 0 Å². The molecule has 16 heavy (non-hydrogen) atoms. The van der Waals surface area contributed by atoms with Crippen molar-refractivity contribution in [1.82, 2.24) is 9.97 Å². The number of H-pyrrole nitrogens is 1. The number of hydrogen-bond donors (Lipinski definition) is 1. The first-order valence-corrected chi connectivity index (χ1v) is 5.97. The summed E-state index contributed by atoms with van der Waals surface area (Å²) in [6.07, 6.45) is 3.75. The third-order valence-electron chi connectivity index (χ3n) is 3.17. The van der Waals surface area contributed by atoms with Crippen molar-refractivity contribution in [3.05, 3.63) is 21.7 Å². The van der Waals surface area contributed by atoms with Crippen LogP contribution in [0.3, 0.4) is 0 Å². The fraction of sp³-hybridized carbons (Fsp3) is 0.636. The average molecular weight is 242 g/mol. The summed E-state index contributed by atoms with van der Waals surface area (Å²) in [6, 6.07) is 0.392. The predicted molar refractivity (Wildman–Crippen MR) is 65.1 cm³/mol. The van der Waals surface area contributed by atoms with Crippen LogP contribution in [-0.4, -0.2) is 22.6 Å². The number of nitrogens with zero attached hydrogens (tertiary/aromatic N) is 2. The molecule has 0 bridgehead atoms. The number of rotatable bonds is 1. The lowest BCUT2D eigenvalue weighted by Crippen LogP contribution is -2.42. The van der Waals surface area contributed by atoms with Crippen LogP contribution in [0.2, 0.25) is 5.02 Å². The molecular formula is C11H16ClN3O. The summed E-state index contributed by atoms with van der Waals surface area (Å²) in [5.74, 6) is 1.23. The molecule has 0 saturated carbocycles. The van der Waals surface area contributed by atoms with Gasteiger partial charge in [0, 0.05) is 12.6 Å². The number of aromatic amines is 1.